The quantitative estimate of drug-likeness (QED) is 0.801. The van der Waals surface area contributed by atoms with Crippen LogP contribution in [0.3, 0.4) is 0 Å². The van der Waals surface area contributed by atoms with Gasteiger partial charge in [-0.1, -0.05) is 0 Å². The second-order valence-corrected chi connectivity index (χ2v) is 4.44. The standard InChI is InChI=1S/C12H21N3/c1-14-8-10-15(11-9-14)7-3-5-12-4-2-6-13-12/h2,4,6,13H,3,5,7-11H2,1H3. The molecule has 3 heteroatoms. The van der Waals surface area contributed by atoms with E-state index in [0.717, 1.165) is 0 Å². The summed E-state index contributed by atoms with van der Waals surface area (Å²) in [6.07, 6.45) is 4.45. The van der Waals surface area contributed by atoms with Crippen molar-refractivity contribution in [3.05, 3.63) is 24.0 Å². The van der Waals surface area contributed by atoms with Gasteiger partial charge in [-0.3, -0.25) is 0 Å². The molecule has 1 aliphatic rings. The highest BCUT2D eigenvalue weighted by atomic mass is 15.2. The first-order chi connectivity index (χ1) is 7.34. The Kier molecular flexibility index (Phi) is 3.80. The van der Waals surface area contributed by atoms with Crippen LogP contribution >= 0.6 is 0 Å². The molecule has 1 saturated heterocycles. The number of rotatable bonds is 4. The lowest BCUT2D eigenvalue weighted by Crippen LogP contribution is -2.44. The van der Waals surface area contributed by atoms with E-state index in [9.17, 15) is 0 Å². The van der Waals surface area contributed by atoms with Crippen molar-refractivity contribution in [2.24, 2.45) is 0 Å². The third-order valence-corrected chi connectivity index (χ3v) is 3.18. The van der Waals surface area contributed by atoms with Crippen molar-refractivity contribution in [3.63, 3.8) is 0 Å². The number of piperazine rings is 1. The van der Waals surface area contributed by atoms with Crippen molar-refractivity contribution >= 4 is 0 Å². The summed E-state index contributed by atoms with van der Waals surface area (Å²) < 4.78 is 0. The summed E-state index contributed by atoms with van der Waals surface area (Å²) >= 11 is 0. The average molecular weight is 207 g/mol. The van der Waals surface area contributed by atoms with Crippen molar-refractivity contribution in [2.45, 2.75) is 12.8 Å². The molecule has 0 aliphatic carbocycles. The van der Waals surface area contributed by atoms with Crippen LogP contribution in [0, 0.1) is 0 Å². The van der Waals surface area contributed by atoms with E-state index in [2.05, 4.69) is 34.0 Å². The molecule has 1 aromatic heterocycles. The summed E-state index contributed by atoms with van der Waals surface area (Å²) in [5.74, 6) is 0. The topological polar surface area (TPSA) is 22.3 Å². The molecule has 0 unspecified atom stereocenters. The van der Waals surface area contributed by atoms with Crippen LogP contribution in [0.4, 0.5) is 0 Å². The van der Waals surface area contributed by atoms with E-state index in [1.165, 1.54) is 51.3 Å². The number of hydrogen-bond donors (Lipinski definition) is 1. The minimum absolute atomic E-state index is 1.18. The smallest absolute Gasteiger partial charge is 0.0147 e. The summed E-state index contributed by atoms with van der Waals surface area (Å²) in [4.78, 5) is 8.23. The molecule has 15 heavy (non-hydrogen) atoms. The number of aromatic nitrogens is 1. The second-order valence-electron chi connectivity index (χ2n) is 4.44. The predicted molar refractivity (Wildman–Crippen MR) is 63.1 cm³/mol. The van der Waals surface area contributed by atoms with Crippen LogP contribution in [0.1, 0.15) is 12.1 Å². The molecule has 1 N–H and O–H groups in total. The first kappa shape index (κ1) is 10.7. The summed E-state index contributed by atoms with van der Waals surface area (Å²) in [5, 5.41) is 0. The van der Waals surface area contributed by atoms with E-state index in [1.54, 1.807) is 0 Å². The monoisotopic (exact) mass is 207 g/mol. The summed E-state index contributed by atoms with van der Waals surface area (Å²) in [5.41, 5.74) is 1.36. The van der Waals surface area contributed by atoms with Gasteiger partial charge in [0.15, 0.2) is 0 Å². The fraction of sp³-hybridized carbons (Fsp3) is 0.667. The van der Waals surface area contributed by atoms with E-state index in [4.69, 9.17) is 0 Å². The van der Waals surface area contributed by atoms with Gasteiger partial charge in [0.1, 0.15) is 0 Å². The molecule has 0 spiro atoms. The van der Waals surface area contributed by atoms with Crippen LogP contribution in [-0.4, -0.2) is 54.6 Å². The minimum Gasteiger partial charge on any atom is -0.365 e. The van der Waals surface area contributed by atoms with Crippen LogP contribution < -0.4 is 0 Å². The van der Waals surface area contributed by atoms with Gasteiger partial charge >= 0.3 is 0 Å². The molecule has 2 rings (SSSR count). The van der Waals surface area contributed by atoms with Crippen molar-refractivity contribution in [3.8, 4) is 0 Å². The Hall–Kier alpha value is -0.800. The molecule has 1 aromatic rings. The summed E-state index contributed by atoms with van der Waals surface area (Å²) in [7, 11) is 2.20. The van der Waals surface area contributed by atoms with Crippen molar-refractivity contribution in [1.29, 1.82) is 0 Å². The molecule has 0 radical (unpaired) electrons. The Labute approximate surface area is 92.1 Å². The Morgan fingerprint density at radius 3 is 2.73 bits per heavy atom. The molecule has 0 amide bonds. The lowest BCUT2D eigenvalue weighted by Gasteiger charge is -2.32. The number of aromatic amines is 1. The summed E-state index contributed by atoms with van der Waals surface area (Å²) in [6, 6.07) is 4.25. The van der Waals surface area contributed by atoms with Crippen LogP contribution in [0.15, 0.2) is 18.3 Å². The Morgan fingerprint density at radius 1 is 1.27 bits per heavy atom. The number of likely N-dealkylation sites (N-methyl/N-ethyl adjacent to an activating group) is 1. The average Bonchev–Trinajstić information content (AvgIpc) is 2.74. The molecule has 0 bridgehead atoms. The molecular formula is C12H21N3. The van der Waals surface area contributed by atoms with E-state index >= 15 is 0 Å². The van der Waals surface area contributed by atoms with Crippen LogP contribution in [0.25, 0.3) is 0 Å². The first-order valence-corrected chi connectivity index (χ1v) is 5.88. The molecule has 1 aliphatic heterocycles. The number of hydrogen-bond acceptors (Lipinski definition) is 2. The lowest BCUT2D eigenvalue weighted by molar-refractivity contribution is 0.153. The van der Waals surface area contributed by atoms with Gasteiger partial charge in [0.25, 0.3) is 0 Å². The molecule has 2 heterocycles. The van der Waals surface area contributed by atoms with Crippen LogP contribution in [0.2, 0.25) is 0 Å². The maximum absolute atomic E-state index is 3.26. The zero-order valence-electron chi connectivity index (χ0n) is 9.58. The number of H-pyrrole nitrogens is 1. The van der Waals surface area contributed by atoms with Gasteiger partial charge in [0.05, 0.1) is 0 Å². The third-order valence-electron chi connectivity index (χ3n) is 3.18. The lowest BCUT2D eigenvalue weighted by atomic mass is 10.2. The molecule has 0 aromatic carbocycles. The van der Waals surface area contributed by atoms with Crippen LogP contribution in [0.5, 0.6) is 0 Å². The normalized spacial score (nSPS) is 19.5. The number of nitrogens with zero attached hydrogens (tertiary/aromatic N) is 2. The molecule has 1 fully saturated rings. The largest absolute Gasteiger partial charge is 0.365 e. The van der Waals surface area contributed by atoms with Gasteiger partial charge in [0.2, 0.25) is 0 Å². The third kappa shape index (κ3) is 3.36. The van der Waals surface area contributed by atoms with Crippen molar-refractivity contribution in [2.75, 3.05) is 39.8 Å². The zero-order chi connectivity index (χ0) is 10.5. The van der Waals surface area contributed by atoms with E-state index in [1.807, 2.05) is 6.20 Å². The highest BCUT2D eigenvalue weighted by Crippen LogP contribution is 2.03. The van der Waals surface area contributed by atoms with E-state index in [0.29, 0.717) is 0 Å². The molecule has 84 valence electrons. The SMILES string of the molecule is CN1CCN(CCCc2ccc[nH]2)CC1. The zero-order valence-corrected chi connectivity index (χ0v) is 9.58. The number of aryl methyl sites for hydroxylation is 1. The van der Waals surface area contributed by atoms with Gasteiger partial charge < -0.3 is 14.8 Å². The number of nitrogens with one attached hydrogen (secondary N) is 1. The Bertz CT molecular complexity index is 260. The van der Waals surface area contributed by atoms with Gasteiger partial charge in [-0.2, -0.15) is 0 Å². The van der Waals surface area contributed by atoms with Gasteiger partial charge in [-0.25, -0.2) is 0 Å². The minimum atomic E-state index is 1.18. The predicted octanol–water partition coefficient (Wildman–Crippen LogP) is 1.19. The fourth-order valence-corrected chi connectivity index (χ4v) is 2.09. The first-order valence-electron chi connectivity index (χ1n) is 5.88. The summed E-state index contributed by atoms with van der Waals surface area (Å²) in [6.45, 7) is 6.17. The van der Waals surface area contributed by atoms with Crippen molar-refractivity contribution < 1.29 is 0 Å². The Balaban J connectivity index is 1.62. The molecule has 0 atom stereocenters. The highest BCUT2D eigenvalue weighted by Gasteiger charge is 2.12. The maximum atomic E-state index is 3.26. The Morgan fingerprint density at radius 2 is 2.07 bits per heavy atom. The second kappa shape index (κ2) is 5.33. The van der Waals surface area contributed by atoms with E-state index in [-0.39, 0.29) is 0 Å². The van der Waals surface area contributed by atoms with Gasteiger partial charge in [-0.05, 0) is 38.6 Å². The maximum Gasteiger partial charge on any atom is 0.0147 e. The van der Waals surface area contributed by atoms with Gasteiger partial charge in [-0.15, -0.1) is 0 Å². The van der Waals surface area contributed by atoms with Crippen LogP contribution in [-0.2, 0) is 6.42 Å². The van der Waals surface area contributed by atoms with Crippen molar-refractivity contribution in [1.82, 2.24) is 14.8 Å². The van der Waals surface area contributed by atoms with Gasteiger partial charge in [0, 0.05) is 38.1 Å². The van der Waals surface area contributed by atoms with E-state index < -0.39 is 0 Å². The molecule has 0 saturated carbocycles. The molecular weight excluding hydrogens is 186 g/mol. The molecule has 3 nitrogen and oxygen atoms in total. The fourth-order valence-electron chi connectivity index (χ4n) is 2.09. The highest BCUT2D eigenvalue weighted by molar-refractivity contribution is 5.03.